The summed E-state index contributed by atoms with van der Waals surface area (Å²) in [6.45, 7) is 10.6. The second kappa shape index (κ2) is 10.0. The second-order valence-electron chi connectivity index (χ2n) is 4.62. The van der Waals surface area contributed by atoms with Gasteiger partial charge in [-0.3, -0.25) is 0 Å². The molecule has 0 spiro atoms. The predicted molar refractivity (Wildman–Crippen MR) is 71.0 cm³/mol. The van der Waals surface area contributed by atoms with Crippen molar-refractivity contribution in [3.05, 3.63) is 24.8 Å². The zero-order valence-electron chi connectivity index (χ0n) is 10.8. The summed E-state index contributed by atoms with van der Waals surface area (Å²) in [7, 11) is 0. The molecule has 0 aromatic carbocycles. The summed E-state index contributed by atoms with van der Waals surface area (Å²) in [5.74, 6) is 1.79. The van der Waals surface area contributed by atoms with E-state index in [1.54, 1.807) is 0 Å². The Labute approximate surface area is 96.5 Å². The summed E-state index contributed by atoms with van der Waals surface area (Å²) in [4.78, 5) is 0. The van der Waals surface area contributed by atoms with E-state index in [4.69, 9.17) is 0 Å². The summed E-state index contributed by atoms with van der Waals surface area (Å²) in [6.07, 6.45) is 14.2. The molecular formula is C15H28. The summed E-state index contributed by atoms with van der Waals surface area (Å²) in [6, 6.07) is 0. The van der Waals surface area contributed by atoms with Gasteiger partial charge in [0.1, 0.15) is 0 Å². The molecule has 0 heterocycles. The zero-order valence-corrected chi connectivity index (χ0v) is 10.8. The Morgan fingerprint density at radius 1 is 1.13 bits per heavy atom. The molecule has 0 saturated heterocycles. The van der Waals surface area contributed by atoms with Crippen molar-refractivity contribution in [2.24, 2.45) is 11.8 Å². The average Bonchev–Trinajstić information content (AvgIpc) is 2.26. The van der Waals surface area contributed by atoms with Crippen molar-refractivity contribution < 1.29 is 0 Å². The fourth-order valence-electron chi connectivity index (χ4n) is 1.81. The van der Waals surface area contributed by atoms with E-state index in [9.17, 15) is 0 Å². The van der Waals surface area contributed by atoms with Gasteiger partial charge in [-0.1, -0.05) is 77.7 Å². The number of hydrogen-bond acceptors (Lipinski definition) is 0. The minimum absolute atomic E-state index is 0.880. The highest BCUT2D eigenvalue weighted by atomic mass is 14.1. The molecule has 0 aliphatic rings. The van der Waals surface area contributed by atoms with E-state index in [1.165, 1.54) is 38.5 Å². The maximum atomic E-state index is 3.69. The summed E-state index contributed by atoms with van der Waals surface area (Å²) >= 11 is 0. The maximum absolute atomic E-state index is 3.69. The topological polar surface area (TPSA) is 0 Å². The first kappa shape index (κ1) is 14.5. The molecule has 0 heteroatoms. The Kier molecular flexibility index (Phi) is 9.67. The van der Waals surface area contributed by atoms with Crippen LogP contribution in [0.5, 0.6) is 0 Å². The molecule has 0 fully saturated rings. The Morgan fingerprint density at radius 2 is 1.87 bits per heavy atom. The average molecular weight is 208 g/mol. The lowest BCUT2D eigenvalue weighted by Gasteiger charge is -2.14. The standard InChI is InChI=1S/C15H28/c1-5-8-9-12-15(7-3)13-10-11-14(4)6-2/h5,8-9,14-15H,1,6-7,10-13H2,2-4H3. The molecule has 0 aromatic rings. The molecule has 2 unspecified atom stereocenters. The summed E-state index contributed by atoms with van der Waals surface area (Å²) in [5, 5.41) is 0. The third kappa shape index (κ3) is 8.47. The van der Waals surface area contributed by atoms with Gasteiger partial charge in [0.25, 0.3) is 0 Å². The normalized spacial score (nSPS) is 15.4. The zero-order chi connectivity index (χ0) is 11.5. The number of allylic oxidation sites excluding steroid dienone is 3. The predicted octanol–water partition coefficient (Wildman–Crippen LogP) is 5.36. The Morgan fingerprint density at radius 3 is 2.40 bits per heavy atom. The van der Waals surface area contributed by atoms with E-state index >= 15 is 0 Å². The van der Waals surface area contributed by atoms with Crippen LogP contribution in [0, 0.1) is 11.8 Å². The molecule has 0 amide bonds. The van der Waals surface area contributed by atoms with Crippen molar-refractivity contribution in [3.63, 3.8) is 0 Å². The number of hydrogen-bond donors (Lipinski definition) is 0. The van der Waals surface area contributed by atoms with E-state index in [2.05, 4.69) is 39.5 Å². The van der Waals surface area contributed by atoms with Gasteiger partial charge in [0, 0.05) is 0 Å². The minimum atomic E-state index is 0.880. The molecule has 2 atom stereocenters. The van der Waals surface area contributed by atoms with E-state index in [0.29, 0.717) is 0 Å². The smallest absolute Gasteiger partial charge is 0.0319 e. The van der Waals surface area contributed by atoms with Crippen LogP contribution in [0.2, 0.25) is 0 Å². The van der Waals surface area contributed by atoms with Gasteiger partial charge in [0.05, 0.1) is 0 Å². The van der Waals surface area contributed by atoms with E-state index in [1.807, 2.05) is 6.08 Å². The molecule has 0 radical (unpaired) electrons. The van der Waals surface area contributed by atoms with Crippen molar-refractivity contribution in [2.75, 3.05) is 0 Å². The summed E-state index contributed by atoms with van der Waals surface area (Å²) < 4.78 is 0. The fraction of sp³-hybridized carbons (Fsp3) is 0.733. The lowest BCUT2D eigenvalue weighted by molar-refractivity contribution is 0.409. The van der Waals surface area contributed by atoms with Crippen molar-refractivity contribution >= 4 is 0 Å². The molecule has 0 saturated carbocycles. The monoisotopic (exact) mass is 208 g/mol. The molecule has 0 bridgehead atoms. The van der Waals surface area contributed by atoms with Gasteiger partial charge in [-0.05, 0) is 18.3 Å². The van der Waals surface area contributed by atoms with E-state index in [0.717, 1.165) is 11.8 Å². The van der Waals surface area contributed by atoms with Gasteiger partial charge < -0.3 is 0 Å². The highest BCUT2D eigenvalue weighted by molar-refractivity contribution is 4.97. The number of rotatable bonds is 9. The van der Waals surface area contributed by atoms with E-state index in [-0.39, 0.29) is 0 Å². The van der Waals surface area contributed by atoms with Gasteiger partial charge >= 0.3 is 0 Å². The third-order valence-electron chi connectivity index (χ3n) is 3.33. The van der Waals surface area contributed by atoms with Crippen molar-refractivity contribution in [3.8, 4) is 0 Å². The van der Waals surface area contributed by atoms with Crippen LogP contribution in [0.3, 0.4) is 0 Å². The van der Waals surface area contributed by atoms with Crippen LogP contribution in [-0.4, -0.2) is 0 Å². The van der Waals surface area contributed by atoms with Gasteiger partial charge in [-0.25, -0.2) is 0 Å². The van der Waals surface area contributed by atoms with Crippen LogP contribution in [0.1, 0.15) is 59.3 Å². The highest BCUT2D eigenvalue weighted by Gasteiger charge is 2.05. The Bertz CT molecular complexity index is 167. The lowest BCUT2D eigenvalue weighted by atomic mass is 9.92. The molecule has 0 aromatic heterocycles. The van der Waals surface area contributed by atoms with Crippen LogP contribution in [0.4, 0.5) is 0 Å². The minimum Gasteiger partial charge on any atom is -0.0991 e. The SMILES string of the molecule is C=CC=CCC(CC)CCCC(C)CC. The molecule has 0 N–H and O–H groups in total. The van der Waals surface area contributed by atoms with Crippen molar-refractivity contribution in [2.45, 2.75) is 59.3 Å². The van der Waals surface area contributed by atoms with Gasteiger partial charge in [-0.2, -0.15) is 0 Å². The van der Waals surface area contributed by atoms with Gasteiger partial charge in [0.2, 0.25) is 0 Å². The second-order valence-corrected chi connectivity index (χ2v) is 4.62. The van der Waals surface area contributed by atoms with Crippen molar-refractivity contribution in [1.29, 1.82) is 0 Å². The van der Waals surface area contributed by atoms with Crippen LogP contribution in [0.15, 0.2) is 24.8 Å². The van der Waals surface area contributed by atoms with E-state index < -0.39 is 0 Å². The molecule has 0 aliphatic carbocycles. The van der Waals surface area contributed by atoms with Crippen LogP contribution < -0.4 is 0 Å². The quantitative estimate of drug-likeness (QED) is 0.447. The first-order valence-corrected chi connectivity index (χ1v) is 6.52. The molecule has 0 aliphatic heterocycles. The third-order valence-corrected chi connectivity index (χ3v) is 3.33. The van der Waals surface area contributed by atoms with Gasteiger partial charge in [-0.15, -0.1) is 0 Å². The van der Waals surface area contributed by atoms with Crippen molar-refractivity contribution in [1.82, 2.24) is 0 Å². The Balaban J connectivity index is 3.60. The lowest BCUT2D eigenvalue weighted by Crippen LogP contribution is -1.99. The Hall–Kier alpha value is -0.520. The van der Waals surface area contributed by atoms with Crippen LogP contribution >= 0.6 is 0 Å². The molecule has 15 heavy (non-hydrogen) atoms. The molecule has 0 nitrogen and oxygen atoms in total. The molecule has 88 valence electrons. The fourth-order valence-corrected chi connectivity index (χ4v) is 1.81. The maximum Gasteiger partial charge on any atom is -0.0319 e. The first-order chi connectivity index (χ1) is 7.24. The molecule has 0 rings (SSSR count). The first-order valence-electron chi connectivity index (χ1n) is 6.52. The highest BCUT2D eigenvalue weighted by Crippen LogP contribution is 2.20. The molecular weight excluding hydrogens is 180 g/mol. The van der Waals surface area contributed by atoms with Gasteiger partial charge in [0.15, 0.2) is 0 Å². The van der Waals surface area contributed by atoms with Crippen LogP contribution in [-0.2, 0) is 0 Å². The van der Waals surface area contributed by atoms with Crippen LogP contribution in [0.25, 0.3) is 0 Å². The largest absolute Gasteiger partial charge is 0.0991 e. The summed E-state index contributed by atoms with van der Waals surface area (Å²) in [5.41, 5.74) is 0.